The lowest BCUT2D eigenvalue weighted by Crippen LogP contribution is -2.28. The summed E-state index contributed by atoms with van der Waals surface area (Å²) in [5.74, 6) is 0.520. The van der Waals surface area contributed by atoms with Gasteiger partial charge in [-0.25, -0.2) is 4.98 Å². The largest absolute Gasteiger partial charge is 0.326 e. The van der Waals surface area contributed by atoms with Gasteiger partial charge in [0.1, 0.15) is 0 Å². The normalized spacial score (nSPS) is 27.8. The van der Waals surface area contributed by atoms with Crippen LogP contribution in [0.15, 0.2) is 6.20 Å². The number of rotatable bonds is 2. The van der Waals surface area contributed by atoms with Crippen molar-refractivity contribution in [3.05, 3.63) is 16.1 Å². The molecular formula is C11H19N3S. The van der Waals surface area contributed by atoms with Crippen molar-refractivity contribution < 1.29 is 0 Å². The molecule has 2 rings (SSSR count). The quantitative estimate of drug-likeness (QED) is 0.836. The third-order valence-electron chi connectivity index (χ3n) is 3.02. The molecule has 3 nitrogen and oxygen atoms in total. The molecule has 1 aliphatic heterocycles. The van der Waals surface area contributed by atoms with Crippen LogP contribution in [0, 0.1) is 0 Å². The van der Waals surface area contributed by atoms with Gasteiger partial charge >= 0.3 is 0 Å². The van der Waals surface area contributed by atoms with Crippen LogP contribution in [0.25, 0.3) is 0 Å². The molecule has 0 amide bonds. The van der Waals surface area contributed by atoms with E-state index in [9.17, 15) is 0 Å². The first kappa shape index (κ1) is 11.0. The molecule has 0 saturated carbocycles. The number of nitrogens with zero attached hydrogens (tertiary/aromatic N) is 2. The molecule has 0 spiro atoms. The van der Waals surface area contributed by atoms with Crippen molar-refractivity contribution in [1.82, 2.24) is 9.88 Å². The van der Waals surface area contributed by atoms with E-state index in [1.807, 2.05) is 17.5 Å². The number of aromatic nitrogens is 1. The topological polar surface area (TPSA) is 42.1 Å². The third-order valence-corrected chi connectivity index (χ3v) is 4.39. The van der Waals surface area contributed by atoms with E-state index in [4.69, 9.17) is 5.73 Å². The number of likely N-dealkylation sites (tertiary alicyclic amines) is 1. The average molecular weight is 225 g/mol. The Hall–Kier alpha value is -0.450. The molecule has 0 aromatic carbocycles. The minimum Gasteiger partial charge on any atom is -0.326 e. The van der Waals surface area contributed by atoms with Gasteiger partial charge in [-0.05, 0) is 13.5 Å². The second-order valence-electron chi connectivity index (χ2n) is 4.63. The zero-order valence-corrected chi connectivity index (χ0v) is 10.4. The van der Waals surface area contributed by atoms with E-state index in [0.29, 0.717) is 12.0 Å². The van der Waals surface area contributed by atoms with Gasteiger partial charge < -0.3 is 5.73 Å². The summed E-state index contributed by atoms with van der Waals surface area (Å²) in [7, 11) is 2.15. The highest BCUT2D eigenvalue weighted by molar-refractivity contribution is 7.11. The van der Waals surface area contributed by atoms with Crippen molar-refractivity contribution >= 4 is 11.3 Å². The Balaban J connectivity index is 2.21. The maximum atomic E-state index is 6.12. The van der Waals surface area contributed by atoms with Crippen LogP contribution < -0.4 is 5.73 Å². The monoisotopic (exact) mass is 225 g/mol. The fraction of sp³-hybridized carbons (Fsp3) is 0.727. The maximum absolute atomic E-state index is 6.12. The smallest absolute Gasteiger partial charge is 0.0953 e. The van der Waals surface area contributed by atoms with E-state index in [1.165, 1.54) is 9.88 Å². The van der Waals surface area contributed by atoms with Gasteiger partial charge in [-0.3, -0.25) is 4.90 Å². The van der Waals surface area contributed by atoms with Crippen LogP contribution in [0.3, 0.4) is 0 Å². The number of thiazole rings is 1. The van der Waals surface area contributed by atoms with Gasteiger partial charge in [-0.2, -0.15) is 0 Å². The summed E-state index contributed by atoms with van der Waals surface area (Å²) in [6.07, 6.45) is 3.10. The van der Waals surface area contributed by atoms with Gasteiger partial charge in [0.05, 0.1) is 11.0 Å². The van der Waals surface area contributed by atoms with Crippen LogP contribution >= 0.6 is 11.3 Å². The summed E-state index contributed by atoms with van der Waals surface area (Å²) >= 11 is 1.81. The van der Waals surface area contributed by atoms with E-state index in [-0.39, 0.29) is 6.04 Å². The second kappa shape index (κ2) is 4.20. The molecule has 0 bridgehead atoms. The third kappa shape index (κ3) is 2.07. The summed E-state index contributed by atoms with van der Waals surface area (Å²) < 4.78 is 0. The minimum absolute atomic E-state index is 0.274. The van der Waals surface area contributed by atoms with Crippen LogP contribution in [-0.4, -0.2) is 29.5 Å². The molecule has 0 aliphatic carbocycles. The first-order valence-electron chi connectivity index (χ1n) is 5.51. The van der Waals surface area contributed by atoms with E-state index in [0.717, 1.165) is 13.0 Å². The predicted octanol–water partition coefficient (Wildman–Crippen LogP) is 1.97. The molecule has 1 aromatic rings. The molecule has 2 heterocycles. The summed E-state index contributed by atoms with van der Waals surface area (Å²) in [5.41, 5.74) is 6.12. The predicted molar refractivity (Wildman–Crippen MR) is 64.2 cm³/mol. The molecule has 1 fully saturated rings. The standard InChI is InChI=1S/C11H19N3S/c1-7(2)11-13-6-9(15-11)10-8(12)4-5-14(10)3/h6-8,10H,4-5,12H2,1-3H3. The first-order valence-corrected chi connectivity index (χ1v) is 6.32. The summed E-state index contributed by atoms with van der Waals surface area (Å²) in [6.45, 7) is 5.46. The summed E-state index contributed by atoms with van der Waals surface area (Å²) in [4.78, 5) is 8.13. The molecule has 1 aliphatic rings. The molecule has 1 aromatic heterocycles. The zero-order valence-electron chi connectivity index (χ0n) is 9.60. The average Bonchev–Trinajstić information content (AvgIpc) is 2.73. The summed E-state index contributed by atoms with van der Waals surface area (Å²) in [6, 6.07) is 0.658. The number of hydrogen-bond donors (Lipinski definition) is 1. The maximum Gasteiger partial charge on any atom is 0.0953 e. The van der Waals surface area contributed by atoms with Crippen LogP contribution in [0.4, 0.5) is 0 Å². The summed E-state index contributed by atoms with van der Waals surface area (Å²) in [5, 5.41) is 1.22. The molecule has 2 N–H and O–H groups in total. The molecule has 2 atom stereocenters. The van der Waals surface area contributed by atoms with Crippen molar-refractivity contribution in [2.45, 2.75) is 38.3 Å². The van der Waals surface area contributed by atoms with Gasteiger partial charge in [0.15, 0.2) is 0 Å². The highest BCUT2D eigenvalue weighted by atomic mass is 32.1. The van der Waals surface area contributed by atoms with E-state index in [2.05, 4.69) is 30.8 Å². The van der Waals surface area contributed by atoms with E-state index >= 15 is 0 Å². The molecule has 4 heteroatoms. The van der Waals surface area contributed by atoms with Gasteiger partial charge in [0.25, 0.3) is 0 Å². The van der Waals surface area contributed by atoms with E-state index < -0.39 is 0 Å². The van der Waals surface area contributed by atoms with Crippen LogP contribution in [0.2, 0.25) is 0 Å². The SMILES string of the molecule is CC(C)c1ncc(C2C(N)CCN2C)s1. The highest BCUT2D eigenvalue weighted by Gasteiger charge is 2.31. The number of hydrogen-bond acceptors (Lipinski definition) is 4. The fourth-order valence-corrected chi connectivity index (χ4v) is 3.27. The second-order valence-corrected chi connectivity index (χ2v) is 5.73. The van der Waals surface area contributed by atoms with Gasteiger partial charge in [-0.1, -0.05) is 13.8 Å². The van der Waals surface area contributed by atoms with E-state index in [1.54, 1.807) is 0 Å². The van der Waals surface area contributed by atoms with Crippen LogP contribution in [0.1, 0.15) is 42.1 Å². The van der Waals surface area contributed by atoms with Gasteiger partial charge in [0, 0.05) is 29.6 Å². The molecule has 0 radical (unpaired) electrons. The van der Waals surface area contributed by atoms with Crippen LogP contribution in [0.5, 0.6) is 0 Å². The lowest BCUT2D eigenvalue weighted by Gasteiger charge is -2.20. The van der Waals surface area contributed by atoms with Crippen LogP contribution in [-0.2, 0) is 0 Å². The van der Waals surface area contributed by atoms with Crippen molar-refractivity contribution in [1.29, 1.82) is 0 Å². The molecule has 15 heavy (non-hydrogen) atoms. The Bertz CT molecular complexity index is 324. The Morgan fingerprint density at radius 3 is 2.80 bits per heavy atom. The lowest BCUT2D eigenvalue weighted by molar-refractivity contribution is 0.308. The lowest BCUT2D eigenvalue weighted by atomic mass is 10.1. The van der Waals surface area contributed by atoms with Gasteiger partial charge in [0.2, 0.25) is 0 Å². The molecule has 1 saturated heterocycles. The van der Waals surface area contributed by atoms with Crippen molar-refractivity contribution in [3.63, 3.8) is 0 Å². The van der Waals surface area contributed by atoms with Crippen molar-refractivity contribution in [3.8, 4) is 0 Å². The first-order chi connectivity index (χ1) is 7.09. The number of likely N-dealkylation sites (N-methyl/N-ethyl adjacent to an activating group) is 1. The van der Waals surface area contributed by atoms with Crippen molar-refractivity contribution in [2.75, 3.05) is 13.6 Å². The zero-order chi connectivity index (χ0) is 11.0. The number of nitrogens with two attached hydrogens (primary N) is 1. The Morgan fingerprint density at radius 1 is 1.60 bits per heavy atom. The Kier molecular flexibility index (Phi) is 3.09. The van der Waals surface area contributed by atoms with Crippen molar-refractivity contribution in [2.24, 2.45) is 5.73 Å². The van der Waals surface area contributed by atoms with Gasteiger partial charge in [-0.15, -0.1) is 11.3 Å². The fourth-order valence-electron chi connectivity index (χ4n) is 2.11. The Labute approximate surface area is 95.3 Å². The Morgan fingerprint density at radius 2 is 2.33 bits per heavy atom. The molecular weight excluding hydrogens is 206 g/mol. The molecule has 2 unspecified atom stereocenters. The molecule has 84 valence electrons. The minimum atomic E-state index is 0.274. The highest BCUT2D eigenvalue weighted by Crippen LogP contribution is 2.34.